The zero-order valence-electron chi connectivity index (χ0n) is 16.9. The van der Waals surface area contributed by atoms with Crippen LogP contribution in [0.4, 0.5) is 4.79 Å². The van der Waals surface area contributed by atoms with Crippen LogP contribution in [0.1, 0.15) is 65.2 Å². The van der Waals surface area contributed by atoms with E-state index in [2.05, 4.69) is 11.9 Å². The lowest BCUT2D eigenvalue weighted by Crippen LogP contribution is -2.49. The molecule has 0 fully saturated rings. The average molecular weight is 401 g/mol. The van der Waals surface area contributed by atoms with Crippen molar-refractivity contribution in [2.45, 2.75) is 71.2 Å². The molecule has 1 amide bonds. The van der Waals surface area contributed by atoms with Gasteiger partial charge in [-0.25, -0.2) is 9.59 Å². The third-order valence-electron chi connectivity index (χ3n) is 3.51. The second kappa shape index (κ2) is 14.5. The summed E-state index contributed by atoms with van der Waals surface area (Å²) in [7, 11) is 1.31. The molecule has 0 aliphatic rings. The Morgan fingerprint density at radius 1 is 0.893 bits per heavy atom. The number of rotatable bonds is 14. The molecule has 0 aromatic heterocycles. The molecular weight excluding hydrogens is 370 g/mol. The zero-order chi connectivity index (χ0) is 21.4. The van der Waals surface area contributed by atoms with Gasteiger partial charge in [-0.15, -0.1) is 0 Å². The molecule has 9 heteroatoms. The molecule has 0 saturated carbocycles. The van der Waals surface area contributed by atoms with E-state index in [1.54, 1.807) is 0 Å². The van der Waals surface area contributed by atoms with E-state index in [9.17, 15) is 19.2 Å². The van der Waals surface area contributed by atoms with E-state index in [1.165, 1.54) is 7.05 Å². The summed E-state index contributed by atoms with van der Waals surface area (Å²) < 4.78 is 20.1. The van der Waals surface area contributed by atoms with Crippen molar-refractivity contribution >= 4 is 24.0 Å². The second-order valence-electron chi connectivity index (χ2n) is 6.00. The molecule has 0 spiro atoms. The number of unbranched alkanes of at least 4 members (excludes halogenated alkanes) is 4. The predicted octanol–water partition coefficient (Wildman–Crippen LogP) is 2.97. The van der Waals surface area contributed by atoms with Crippen LogP contribution in [-0.2, 0) is 33.3 Å². The molecule has 9 nitrogen and oxygen atoms in total. The standard InChI is InChI=1S/C19H31NO8/c1-5-8-10-12-16(22)27-19(26-15(21)7-3,14-25-18(24)20-4)28-17(23)13-11-9-6-2/h7H,3,5-6,8-14H2,1-2,4H3,(H,20,24). The van der Waals surface area contributed by atoms with Crippen molar-refractivity contribution in [1.29, 1.82) is 0 Å². The fourth-order valence-electron chi connectivity index (χ4n) is 2.06. The van der Waals surface area contributed by atoms with Gasteiger partial charge in [0.1, 0.15) is 0 Å². The van der Waals surface area contributed by atoms with Gasteiger partial charge in [0.15, 0.2) is 0 Å². The van der Waals surface area contributed by atoms with Gasteiger partial charge in [-0.3, -0.25) is 9.59 Å². The van der Waals surface area contributed by atoms with E-state index >= 15 is 0 Å². The van der Waals surface area contributed by atoms with Crippen molar-refractivity contribution < 1.29 is 38.1 Å². The van der Waals surface area contributed by atoms with Gasteiger partial charge in [0.2, 0.25) is 6.61 Å². The minimum atomic E-state index is -2.51. The number of hydrogen-bond acceptors (Lipinski definition) is 8. The van der Waals surface area contributed by atoms with Crippen LogP contribution in [0.15, 0.2) is 12.7 Å². The quantitative estimate of drug-likeness (QED) is 0.204. The molecule has 1 N–H and O–H groups in total. The number of esters is 3. The minimum Gasteiger partial charge on any atom is -0.437 e. The maximum Gasteiger partial charge on any atom is 0.460 e. The van der Waals surface area contributed by atoms with Crippen molar-refractivity contribution in [3.63, 3.8) is 0 Å². The number of hydrogen-bond donors (Lipinski definition) is 1. The van der Waals surface area contributed by atoms with E-state index in [-0.39, 0.29) is 12.8 Å². The number of ether oxygens (including phenoxy) is 4. The SMILES string of the molecule is C=CC(=O)OC(COC(=O)NC)(OC(=O)CCCCC)OC(=O)CCCCC. The Bertz CT molecular complexity index is 508. The molecule has 0 radical (unpaired) electrons. The van der Waals surface area contributed by atoms with Crippen LogP contribution in [0.25, 0.3) is 0 Å². The maximum atomic E-state index is 12.2. The Morgan fingerprint density at radius 2 is 1.39 bits per heavy atom. The van der Waals surface area contributed by atoms with Crippen LogP contribution in [0.5, 0.6) is 0 Å². The van der Waals surface area contributed by atoms with Crippen molar-refractivity contribution in [1.82, 2.24) is 5.32 Å². The van der Waals surface area contributed by atoms with Crippen LogP contribution in [-0.4, -0.2) is 43.6 Å². The highest BCUT2D eigenvalue weighted by molar-refractivity contribution is 5.82. The topological polar surface area (TPSA) is 117 Å². The first kappa shape index (κ1) is 25.4. The Kier molecular flexibility index (Phi) is 13.1. The Balaban J connectivity index is 5.40. The molecule has 0 rings (SSSR count). The van der Waals surface area contributed by atoms with E-state index in [0.29, 0.717) is 12.8 Å². The maximum absolute atomic E-state index is 12.2. The molecular formula is C19H31NO8. The molecule has 0 bridgehead atoms. The van der Waals surface area contributed by atoms with Gasteiger partial charge in [-0.2, -0.15) is 0 Å². The Labute approximate surface area is 165 Å². The van der Waals surface area contributed by atoms with E-state index < -0.39 is 36.6 Å². The first-order chi connectivity index (χ1) is 13.3. The highest BCUT2D eigenvalue weighted by atomic mass is 16.9. The summed E-state index contributed by atoms with van der Waals surface area (Å²) in [5, 5.41) is 2.19. The lowest BCUT2D eigenvalue weighted by atomic mass is 10.2. The minimum absolute atomic E-state index is 0.0224. The van der Waals surface area contributed by atoms with Crippen LogP contribution in [0, 0.1) is 0 Å². The molecule has 0 aliphatic heterocycles. The van der Waals surface area contributed by atoms with E-state index in [4.69, 9.17) is 18.9 Å². The average Bonchev–Trinajstić information content (AvgIpc) is 2.66. The van der Waals surface area contributed by atoms with E-state index in [1.807, 2.05) is 13.8 Å². The monoisotopic (exact) mass is 401 g/mol. The molecule has 0 atom stereocenters. The van der Waals surface area contributed by atoms with Crippen molar-refractivity contribution in [2.75, 3.05) is 13.7 Å². The summed E-state index contributed by atoms with van der Waals surface area (Å²) >= 11 is 0. The number of amides is 1. The summed E-state index contributed by atoms with van der Waals surface area (Å²) in [6.07, 6.45) is 4.41. The smallest absolute Gasteiger partial charge is 0.437 e. The van der Waals surface area contributed by atoms with Gasteiger partial charge in [0, 0.05) is 26.0 Å². The van der Waals surface area contributed by atoms with Crippen molar-refractivity contribution in [3.05, 3.63) is 12.7 Å². The van der Waals surface area contributed by atoms with Gasteiger partial charge in [0.05, 0.1) is 0 Å². The Morgan fingerprint density at radius 3 is 1.79 bits per heavy atom. The molecule has 0 aromatic rings. The summed E-state index contributed by atoms with van der Waals surface area (Å²) in [6.45, 7) is 6.38. The highest BCUT2D eigenvalue weighted by Gasteiger charge is 2.45. The number of carbonyl (C=O) groups is 4. The summed E-state index contributed by atoms with van der Waals surface area (Å²) in [5.74, 6) is -5.03. The predicted molar refractivity (Wildman–Crippen MR) is 99.9 cm³/mol. The number of carbonyl (C=O) groups excluding carboxylic acids is 4. The molecule has 0 heterocycles. The highest BCUT2D eigenvalue weighted by Crippen LogP contribution is 2.21. The third-order valence-corrected chi connectivity index (χ3v) is 3.51. The first-order valence-electron chi connectivity index (χ1n) is 9.46. The number of alkyl carbamates (subject to hydrolysis) is 1. The van der Waals surface area contributed by atoms with Crippen LogP contribution < -0.4 is 5.32 Å². The van der Waals surface area contributed by atoms with E-state index in [0.717, 1.165) is 31.8 Å². The second-order valence-corrected chi connectivity index (χ2v) is 6.00. The zero-order valence-corrected chi connectivity index (χ0v) is 16.9. The van der Waals surface area contributed by atoms with Gasteiger partial charge < -0.3 is 24.3 Å². The van der Waals surface area contributed by atoms with Crippen LogP contribution in [0.2, 0.25) is 0 Å². The Hall–Kier alpha value is -2.58. The first-order valence-corrected chi connectivity index (χ1v) is 9.46. The number of nitrogens with one attached hydrogen (secondary N) is 1. The van der Waals surface area contributed by atoms with Gasteiger partial charge in [0.25, 0.3) is 0 Å². The van der Waals surface area contributed by atoms with Gasteiger partial charge in [-0.05, 0) is 12.8 Å². The van der Waals surface area contributed by atoms with Crippen molar-refractivity contribution in [2.24, 2.45) is 0 Å². The third kappa shape index (κ3) is 11.2. The molecule has 0 aromatic carbocycles. The van der Waals surface area contributed by atoms with Crippen LogP contribution >= 0.6 is 0 Å². The largest absolute Gasteiger partial charge is 0.460 e. The van der Waals surface area contributed by atoms with Crippen molar-refractivity contribution in [3.8, 4) is 0 Å². The molecule has 0 aliphatic carbocycles. The molecule has 0 saturated heterocycles. The lowest BCUT2D eigenvalue weighted by molar-refractivity contribution is -0.339. The van der Waals surface area contributed by atoms with Crippen LogP contribution in [0.3, 0.4) is 0 Å². The fraction of sp³-hybridized carbons (Fsp3) is 0.684. The summed E-state index contributed by atoms with van der Waals surface area (Å²) in [5.41, 5.74) is 0. The molecule has 0 unspecified atom stereocenters. The normalized spacial score (nSPS) is 10.5. The van der Waals surface area contributed by atoms with Gasteiger partial charge in [-0.1, -0.05) is 46.1 Å². The summed E-state index contributed by atoms with van der Waals surface area (Å²) in [4.78, 5) is 47.5. The molecule has 160 valence electrons. The molecule has 28 heavy (non-hydrogen) atoms. The lowest BCUT2D eigenvalue weighted by Gasteiger charge is -2.30. The fourth-order valence-corrected chi connectivity index (χ4v) is 2.06. The summed E-state index contributed by atoms with van der Waals surface area (Å²) in [6, 6.07) is 0. The van der Waals surface area contributed by atoms with Gasteiger partial charge >= 0.3 is 30.0 Å².